The molecule has 4 saturated carbocycles. The highest BCUT2D eigenvalue weighted by atomic mass is 16.3. The first-order valence-corrected chi connectivity index (χ1v) is 13.7. The molecule has 0 amide bonds. The van der Waals surface area contributed by atoms with Crippen molar-refractivity contribution >= 4 is 0 Å². The maximum atomic E-state index is 10.9. The molecule has 1 N–H and O–H groups in total. The highest BCUT2D eigenvalue weighted by Crippen LogP contribution is 2.76. The van der Waals surface area contributed by atoms with Crippen LogP contribution in [-0.2, 0) is 0 Å². The van der Waals surface area contributed by atoms with Gasteiger partial charge in [-0.25, -0.2) is 0 Å². The van der Waals surface area contributed by atoms with Crippen molar-refractivity contribution in [3.63, 3.8) is 0 Å². The van der Waals surface area contributed by atoms with Crippen molar-refractivity contribution < 1.29 is 5.11 Å². The van der Waals surface area contributed by atoms with Crippen molar-refractivity contribution in [3.8, 4) is 0 Å². The summed E-state index contributed by atoms with van der Waals surface area (Å²) < 4.78 is 0. The van der Waals surface area contributed by atoms with Crippen LogP contribution in [0, 0.1) is 56.7 Å². The van der Waals surface area contributed by atoms with E-state index in [1.165, 1.54) is 51.4 Å². The van der Waals surface area contributed by atoms with Crippen LogP contribution in [0.3, 0.4) is 0 Å². The molecule has 5 rings (SSSR count). The molecule has 5 aliphatic carbocycles. The molecule has 1 nitrogen and oxygen atoms in total. The molecule has 9 atom stereocenters. The highest BCUT2D eigenvalue weighted by molar-refractivity contribution is 5.34. The van der Waals surface area contributed by atoms with E-state index < -0.39 is 0 Å². The van der Waals surface area contributed by atoms with E-state index >= 15 is 0 Å². The molecule has 0 bridgehead atoms. The topological polar surface area (TPSA) is 20.2 Å². The van der Waals surface area contributed by atoms with Crippen LogP contribution in [0.15, 0.2) is 11.6 Å². The fourth-order valence-corrected chi connectivity index (χ4v) is 10.9. The summed E-state index contributed by atoms with van der Waals surface area (Å²) in [6.07, 6.45) is 14.6. The zero-order valence-electron chi connectivity index (χ0n) is 21.9. The van der Waals surface area contributed by atoms with Gasteiger partial charge in [0.2, 0.25) is 0 Å². The minimum Gasteiger partial charge on any atom is -0.393 e. The van der Waals surface area contributed by atoms with Gasteiger partial charge in [0.25, 0.3) is 0 Å². The first kappa shape index (κ1) is 22.5. The molecule has 0 spiro atoms. The third-order valence-electron chi connectivity index (χ3n) is 13.1. The van der Waals surface area contributed by atoms with E-state index in [-0.39, 0.29) is 11.5 Å². The van der Waals surface area contributed by atoms with E-state index in [0.29, 0.717) is 27.6 Å². The summed E-state index contributed by atoms with van der Waals surface area (Å²) in [4.78, 5) is 0. The molecule has 0 aromatic rings. The van der Waals surface area contributed by atoms with E-state index in [2.05, 4.69) is 61.5 Å². The quantitative estimate of drug-likeness (QED) is 0.421. The van der Waals surface area contributed by atoms with Gasteiger partial charge < -0.3 is 5.11 Å². The Balaban J connectivity index is 1.59. The van der Waals surface area contributed by atoms with Crippen molar-refractivity contribution in [2.45, 2.75) is 119 Å². The molecule has 0 aliphatic heterocycles. The highest BCUT2D eigenvalue weighted by Gasteiger charge is 2.68. The second kappa shape index (κ2) is 6.64. The SMILES string of the molecule is CC(C)C1CCC2(C)CCC3(C)C(=CCC4C5(C)CCC(O)C(C)(C)C5CCC43C)C12. The van der Waals surface area contributed by atoms with E-state index in [1.807, 2.05) is 5.57 Å². The van der Waals surface area contributed by atoms with E-state index in [0.717, 1.165) is 30.1 Å². The van der Waals surface area contributed by atoms with Gasteiger partial charge in [-0.15, -0.1) is 0 Å². The standard InChI is InChI=1S/C30H50O/c1-19(2)20-11-14-27(5)17-18-29(7)21(25(20)27)9-10-23-28(6)15-13-24(31)26(3,4)22(28)12-16-30(23,29)8/h9,19-20,22-25,31H,10-18H2,1-8H3. The molecule has 0 aromatic carbocycles. The summed E-state index contributed by atoms with van der Waals surface area (Å²) in [6.45, 7) is 20.4. The van der Waals surface area contributed by atoms with Gasteiger partial charge in [0, 0.05) is 0 Å². The van der Waals surface area contributed by atoms with Gasteiger partial charge in [-0.1, -0.05) is 67.0 Å². The number of fused-ring (bicyclic) bond motifs is 7. The average Bonchev–Trinajstić information content (AvgIpc) is 3.04. The van der Waals surface area contributed by atoms with Crippen molar-refractivity contribution in [3.05, 3.63) is 11.6 Å². The first-order chi connectivity index (χ1) is 14.3. The predicted molar refractivity (Wildman–Crippen MR) is 131 cm³/mol. The van der Waals surface area contributed by atoms with Gasteiger partial charge in [-0.2, -0.15) is 0 Å². The van der Waals surface area contributed by atoms with Crippen LogP contribution < -0.4 is 0 Å². The normalized spacial score (nSPS) is 55.7. The molecule has 4 fully saturated rings. The van der Waals surface area contributed by atoms with Gasteiger partial charge in [-0.05, 0) is 114 Å². The van der Waals surface area contributed by atoms with Crippen molar-refractivity contribution in [2.75, 3.05) is 0 Å². The average molecular weight is 427 g/mol. The molecule has 176 valence electrons. The third kappa shape index (κ3) is 2.65. The number of rotatable bonds is 1. The molecule has 0 heterocycles. The van der Waals surface area contributed by atoms with Crippen LogP contribution in [0.1, 0.15) is 113 Å². The van der Waals surface area contributed by atoms with Crippen LogP contribution in [-0.4, -0.2) is 11.2 Å². The monoisotopic (exact) mass is 426 g/mol. The molecule has 5 aliphatic rings. The zero-order chi connectivity index (χ0) is 22.6. The van der Waals surface area contributed by atoms with Crippen LogP contribution in [0.4, 0.5) is 0 Å². The Morgan fingerprint density at radius 2 is 1.55 bits per heavy atom. The summed E-state index contributed by atoms with van der Waals surface area (Å²) in [5.74, 6) is 3.92. The lowest BCUT2D eigenvalue weighted by molar-refractivity contribution is -0.201. The molecule has 0 radical (unpaired) electrons. The zero-order valence-corrected chi connectivity index (χ0v) is 21.9. The fourth-order valence-electron chi connectivity index (χ4n) is 10.9. The van der Waals surface area contributed by atoms with E-state index in [1.54, 1.807) is 0 Å². The van der Waals surface area contributed by atoms with Gasteiger partial charge in [0.1, 0.15) is 0 Å². The Bertz CT molecular complexity index is 777. The summed E-state index contributed by atoms with van der Waals surface area (Å²) >= 11 is 0. The number of hydrogen-bond acceptors (Lipinski definition) is 1. The molecule has 1 heteroatoms. The van der Waals surface area contributed by atoms with Crippen molar-refractivity contribution in [1.29, 1.82) is 0 Å². The lowest BCUT2D eigenvalue weighted by Gasteiger charge is -2.70. The van der Waals surface area contributed by atoms with Crippen LogP contribution >= 0.6 is 0 Å². The summed E-state index contributed by atoms with van der Waals surface area (Å²) in [7, 11) is 0. The van der Waals surface area contributed by atoms with E-state index in [9.17, 15) is 5.11 Å². The Kier molecular flexibility index (Phi) is 4.82. The van der Waals surface area contributed by atoms with Gasteiger partial charge in [-0.3, -0.25) is 0 Å². The largest absolute Gasteiger partial charge is 0.393 e. The summed E-state index contributed by atoms with van der Waals surface area (Å²) in [5.41, 5.74) is 3.64. The minimum absolute atomic E-state index is 0.0541. The molecule has 9 unspecified atom stereocenters. The maximum Gasteiger partial charge on any atom is 0.0594 e. The molecular weight excluding hydrogens is 376 g/mol. The summed E-state index contributed by atoms with van der Waals surface area (Å²) in [5, 5.41) is 10.9. The van der Waals surface area contributed by atoms with Crippen LogP contribution in [0.25, 0.3) is 0 Å². The second-order valence-corrected chi connectivity index (χ2v) is 14.7. The number of allylic oxidation sites excluding steroid dienone is 2. The predicted octanol–water partition coefficient (Wildman–Crippen LogP) is 8.02. The second-order valence-electron chi connectivity index (χ2n) is 14.7. The van der Waals surface area contributed by atoms with Crippen LogP contribution in [0.5, 0.6) is 0 Å². The van der Waals surface area contributed by atoms with Crippen molar-refractivity contribution in [2.24, 2.45) is 56.7 Å². The molecule has 0 saturated heterocycles. The summed E-state index contributed by atoms with van der Waals surface area (Å²) in [6, 6.07) is 0. The Hall–Kier alpha value is -0.300. The maximum absolute atomic E-state index is 10.9. The smallest absolute Gasteiger partial charge is 0.0594 e. The molecule has 0 aromatic heterocycles. The Morgan fingerprint density at radius 1 is 0.839 bits per heavy atom. The van der Waals surface area contributed by atoms with Gasteiger partial charge in [0.15, 0.2) is 0 Å². The molecule has 31 heavy (non-hydrogen) atoms. The van der Waals surface area contributed by atoms with E-state index in [4.69, 9.17) is 0 Å². The number of hydrogen-bond donors (Lipinski definition) is 1. The van der Waals surface area contributed by atoms with Gasteiger partial charge >= 0.3 is 0 Å². The third-order valence-corrected chi connectivity index (χ3v) is 13.1. The minimum atomic E-state index is -0.124. The Labute approximate surface area is 192 Å². The van der Waals surface area contributed by atoms with Crippen molar-refractivity contribution in [1.82, 2.24) is 0 Å². The molecular formula is C30H50O. The fraction of sp³-hybridized carbons (Fsp3) is 0.933. The lowest BCUT2D eigenvalue weighted by Crippen LogP contribution is -2.64. The number of aliphatic hydroxyl groups excluding tert-OH is 1. The first-order valence-electron chi connectivity index (χ1n) is 13.7. The lowest BCUT2D eigenvalue weighted by atomic mass is 9.34. The number of aliphatic hydroxyl groups is 1. The van der Waals surface area contributed by atoms with Gasteiger partial charge in [0.05, 0.1) is 6.10 Å². The Morgan fingerprint density at radius 3 is 2.23 bits per heavy atom. The van der Waals surface area contributed by atoms with Crippen LogP contribution in [0.2, 0.25) is 0 Å².